The van der Waals surface area contributed by atoms with Crippen LogP contribution < -0.4 is 15.5 Å². The molecule has 1 aliphatic rings. The van der Waals surface area contributed by atoms with E-state index in [1.807, 2.05) is 27.1 Å². The fourth-order valence-corrected chi connectivity index (χ4v) is 3.11. The Kier molecular flexibility index (Phi) is 7.66. The number of guanidine groups is 1. The van der Waals surface area contributed by atoms with Gasteiger partial charge >= 0.3 is 0 Å². The van der Waals surface area contributed by atoms with Gasteiger partial charge in [0.25, 0.3) is 0 Å². The van der Waals surface area contributed by atoms with Crippen LogP contribution in [0.2, 0.25) is 0 Å². The van der Waals surface area contributed by atoms with Crippen molar-refractivity contribution in [1.82, 2.24) is 10.6 Å². The summed E-state index contributed by atoms with van der Waals surface area (Å²) in [6, 6.07) is 5.19. The molecular formula is C19H31FN4O2. The number of aliphatic imine (C=N–C) groups is 1. The molecule has 146 valence electrons. The third-order valence-electron chi connectivity index (χ3n) is 4.72. The first-order valence-electron chi connectivity index (χ1n) is 9.16. The summed E-state index contributed by atoms with van der Waals surface area (Å²) < 4.78 is 19.6. The molecule has 0 bridgehead atoms. The van der Waals surface area contributed by atoms with Crippen LogP contribution in [0.5, 0.6) is 0 Å². The molecule has 1 saturated heterocycles. The van der Waals surface area contributed by atoms with Crippen molar-refractivity contribution in [3.05, 3.63) is 29.6 Å². The highest BCUT2D eigenvalue weighted by Gasteiger charge is 2.34. The van der Waals surface area contributed by atoms with Gasteiger partial charge in [0.1, 0.15) is 5.82 Å². The van der Waals surface area contributed by atoms with E-state index in [1.54, 1.807) is 11.0 Å². The molecule has 0 saturated carbocycles. The van der Waals surface area contributed by atoms with Gasteiger partial charge in [-0.15, -0.1) is 0 Å². The Morgan fingerprint density at radius 2 is 2.19 bits per heavy atom. The molecule has 1 heterocycles. The Morgan fingerprint density at radius 3 is 2.77 bits per heavy atom. The Balaban J connectivity index is 2.01. The molecule has 1 unspecified atom stereocenters. The van der Waals surface area contributed by atoms with Crippen molar-refractivity contribution in [2.75, 3.05) is 51.9 Å². The zero-order chi connectivity index (χ0) is 19.0. The van der Waals surface area contributed by atoms with E-state index in [1.165, 1.54) is 6.07 Å². The molecule has 1 aromatic rings. The monoisotopic (exact) mass is 366 g/mol. The summed E-state index contributed by atoms with van der Waals surface area (Å²) in [7, 11) is 3.64. The molecule has 6 nitrogen and oxygen atoms in total. The van der Waals surface area contributed by atoms with Crippen LogP contribution in [-0.2, 0) is 11.3 Å². The van der Waals surface area contributed by atoms with Crippen molar-refractivity contribution in [2.45, 2.75) is 26.3 Å². The Hall–Kier alpha value is -1.86. The van der Waals surface area contributed by atoms with E-state index in [0.29, 0.717) is 37.8 Å². The van der Waals surface area contributed by atoms with Crippen LogP contribution in [0.3, 0.4) is 0 Å². The fraction of sp³-hybridized carbons (Fsp3) is 0.632. The Morgan fingerprint density at radius 1 is 1.38 bits per heavy atom. The lowest BCUT2D eigenvalue weighted by atomic mass is 9.84. The van der Waals surface area contributed by atoms with Crippen molar-refractivity contribution in [3.8, 4) is 0 Å². The van der Waals surface area contributed by atoms with E-state index < -0.39 is 0 Å². The summed E-state index contributed by atoms with van der Waals surface area (Å²) in [5.74, 6) is 0.444. The van der Waals surface area contributed by atoms with Gasteiger partial charge in [-0.25, -0.2) is 9.38 Å². The van der Waals surface area contributed by atoms with Gasteiger partial charge in [0.15, 0.2) is 5.96 Å². The van der Waals surface area contributed by atoms with E-state index in [-0.39, 0.29) is 17.8 Å². The molecule has 1 atom stereocenters. The van der Waals surface area contributed by atoms with Crippen LogP contribution in [0.25, 0.3) is 0 Å². The highest BCUT2D eigenvalue weighted by Crippen LogP contribution is 2.31. The first-order valence-corrected chi connectivity index (χ1v) is 9.16. The summed E-state index contributed by atoms with van der Waals surface area (Å²) in [5.41, 5.74) is 1.33. The number of hydrogen-bond donors (Lipinski definition) is 3. The number of aliphatic hydroxyl groups is 1. The molecule has 0 aromatic heterocycles. The predicted octanol–water partition coefficient (Wildman–Crippen LogP) is 1.74. The number of hydrogen-bond acceptors (Lipinski definition) is 4. The number of halogens is 1. The maximum Gasteiger partial charge on any atom is 0.191 e. The number of nitrogens with one attached hydrogen (secondary N) is 2. The molecule has 2 rings (SSSR count). The lowest BCUT2D eigenvalue weighted by Gasteiger charge is -2.27. The first kappa shape index (κ1) is 20.5. The van der Waals surface area contributed by atoms with E-state index in [0.717, 1.165) is 25.1 Å². The number of nitrogens with zero attached hydrogens (tertiary/aromatic N) is 2. The van der Waals surface area contributed by atoms with Gasteiger partial charge in [-0.2, -0.15) is 0 Å². The predicted molar refractivity (Wildman–Crippen MR) is 103 cm³/mol. The normalized spacial score (nSPS) is 20.3. The van der Waals surface area contributed by atoms with Gasteiger partial charge in [0, 0.05) is 45.8 Å². The van der Waals surface area contributed by atoms with Crippen LogP contribution in [0.4, 0.5) is 10.1 Å². The van der Waals surface area contributed by atoms with Gasteiger partial charge in [-0.05, 0) is 37.5 Å². The van der Waals surface area contributed by atoms with Crippen molar-refractivity contribution < 1.29 is 14.2 Å². The number of aliphatic hydroxyl groups excluding tert-OH is 1. The van der Waals surface area contributed by atoms with E-state index in [4.69, 9.17) is 4.74 Å². The van der Waals surface area contributed by atoms with E-state index in [2.05, 4.69) is 15.6 Å². The summed E-state index contributed by atoms with van der Waals surface area (Å²) in [5, 5.41) is 15.9. The minimum atomic E-state index is -0.245. The highest BCUT2D eigenvalue weighted by molar-refractivity contribution is 5.79. The number of rotatable bonds is 8. The topological polar surface area (TPSA) is 69.1 Å². The average molecular weight is 366 g/mol. The third kappa shape index (κ3) is 5.57. The smallest absolute Gasteiger partial charge is 0.191 e. The average Bonchev–Trinajstić information content (AvgIpc) is 3.06. The zero-order valence-electron chi connectivity index (χ0n) is 16.0. The minimum Gasteiger partial charge on any atom is -0.396 e. The maximum absolute atomic E-state index is 14.1. The molecule has 26 heavy (non-hydrogen) atoms. The molecule has 7 heteroatoms. The second kappa shape index (κ2) is 9.73. The number of ether oxygens (including phenoxy) is 1. The number of anilines is 1. The molecule has 0 aliphatic carbocycles. The zero-order valence-corrected chi connectivity index (χ0v) is 16.0. The largest absolute Gasteiger partial charge is 0.396 e. The SMILES string of the molecule is CCNC(=NCc1ccc(N(C)C)c(F)c1)NCC1(CCO)CCOC1. The second-order valence-electron chi connectivity index (χ2n) is 7.01. The Labute approximate surface area is 155 Å². The molecule has 0 spiro atoms. The van der Waals surface area contributed by atoms with Crippen LogP contribution in [0, 0.1) is 11.2 Å². The van der Waals surface area contributed by atoms with E-state index >= 15 is 0 Å². The molecule has 3 N–H and O–H groups in total. The lowest BCUT2D eigenvalue weighted by molar-refractivity contribution is 0.127. The second-order valence-corrected chi connectivity index (χ2v) is 7.01. The van der Waals surface area contributed by atoms with Crippen molar-refractivity contribution in [3.63, 3.8) is 0 Å². The fourth-order valence-electron chi connectivity index (χ4n) is 3.11. The standard InChI is InChI=1S/C19H31FN4O2/c1-4-21-18(23-13-19(7-9-25)8-10-26-14-19)22-12-15-5-6-17(24(2)3)16(20)11-15/h5-6,11,25H,4,7-10,12-14H2,1-3H3,(H2,21,22,23). The third-order valence-corrected chi connectivity index (χ3v) is 4.72. The Bertz CT molecular complexity index is 601. The molecule has 1 aliphatic heterocycles. The van der Waals surface area contributed by atoms with Crippen molar-refractivity contribution in [2.24, 2.45) is 10.4 Å². The van der Waals surface area contributed by atoms with Gasteiger partial charge in [-0.3, -0.25) is 0 Å². The minimum absolute atomic E-state index is 0.0512. The van der Waals surface area contributed by atoms with Crippen LogP contribution in [0.1, 0.15) is 25.3 Å². The van der Waals surface area contributed by atoms with Crippen molar-refractivity contribution in [1.29, 1.82) is 0 Å². The van der Waals surface area contributed by atoms with Crippen molar-refractivity contribution >= 4 is 11.6 Å². The summed E-state index contributed by atoms with van der Waals surface area (Å²) in [4.78, 5) is 6.31. The van der Waals surface area contributed by atoms with Crippen LogP contribution in [-0.4, -0.2) is 58.1 Å². The van der Waals surface area contributed by atoms with Gasteiger partial charge in [0.2, 0.25) is 0 Å². The molecular weight excluding hydrogens is 335 g/mol. The highest BCUT2D eigenvalue weighted by atomic mass is 19.1. The van der Waals surface area contributed by atoms with Crippen LogP contribution in [0.15, 0.2) is 23.2 Å². The summed E-state index contributed by atoms with van der Waals surface area (Å²) in [6.45, 7) is 5.35. The van der Waals surface area contributed by atoms with E-state index in [9.17, 15) is 9.50 Å². The number of benzene rings is 1. The van der Waals surface area contributed by atoms with Gasteiger partial charge < -0.3 is 25.4 Å². The maximum atomic E-state index is 14.1. The molecule has 0 amide bonds. The first-order chi connectivity index (χ1) is 12.5. The summed E-state index contributed by atoms with van der Waals surface area (Å²) in [6.07, 6.45) is 1.63. The van der Waals surface area contributed by atoms with Gasteiger partial charge in [0.05, 0.1) is 18.8 Å². The van der Waals surface area contributed by atoms with Crippen LogP contribution >= 0.6 is 0 Å². The molecule has 0 radical (unpaired) electrons. The summed E-state index contributed by atoms with van der Waals surface area (Å²) >= 11 is 0. The lowest BCUT2D eigenvalue weighted by Crippen LogP contribution is -2.44. The molecule has 1 fully saturated rings. The molecule has 1 aromatic carbocycles. The quantitative estimate of drug-likeness (QED) is 0.483. The van der Waals surface area contributed by atoms with Gasteiger partial charge in [-0.1, -0.05) is 6.07 Å².